The van der Waals surface area contributed by atoms with E-state index in [0.717, 1.165) is 13.0 Å². The molecule has 112 valence electrons. The lowest BCUT2D eigenvalue weighted by molar-refractivity contribution is -0.678. The van der Waals surface area contributed by atoms with Crippen molar-refractivity contribution in [1.29, 1.82) is 0 Å². The van der Waals surface area contributed by atoms with Crippen LogP contribution in [0.5, 0.6) is 0 Å². The van der Waals surface area contributed by atoms with E-state index in [2.05, 4.69) is 51.5 Å². The van der Waals surface area contributed by atoms with Crippen molar-refractivity contribution in [2.45, 2.75) is 40.7 Å². The highest BCUT2D eigenvalue weighted by molar-refractivity contribution is 7.45. The number of imidazole rings is 1. The maximum absolute atomic E-state index is 10.4. The molecule has 0 aromatic carbocycles. The fraction of sp³-hybridized carbons (Fsp3) is 0.750. The molecule has 0 fully saturated rings. The Labute approximate surface area is 115 Å². The Hall–Kier alpha value is -0.680. The Bertz CT molecular complexity index is 396. The quantitative estimate of drug-likeness (QED) is 0.587. The van der Waals surface area contributed by atoms with Crippen LogP contribution in [0.25, 0.3) is 0 Å². The molecule has 7 heteroatoms. The van der Waals surface area contributed by atoms with Crippen LogP contribution in [0.3, 0.4) is 0 Å². The van der Waals surface area contributed by atoms with Crippen molar-refractivity contribution in [1.82, 2.24) is 4.57 Å². The molecular formula is C12H25N2O4P. The van der Waals surface area contributed by atoms with Crippen LogP contribution in [0, 0.1) is 0 Å². The first kappa shape index (κ1) is 18.3. The van der Waals surface area contributed by atoms with Gasteiger partial charge in [0.05, 0.1) is 26.8 Å². The summed E-state index contributed by atoms with van der Waals surface area (Å²) in [4.78, 5) is 10.4. The molecule has 0 saturated carbocycles. The topological polar surface area (TPSA) is 67.4 Å². The van der Waals surface area contributed by atoms with Gasteiger partial charge in [-0.25, -0.2) is 9.13 Å². The van der Waals surface area contributed by atoms with E-state index < -0.39 is 7.82 Å². The van der Waals surface area contributed by atoms with Gasteiger partial charge in [0.1, 0.15) is 12.4 Å². The summed E-state index contributed by atoms with van der Waals surface area (Å²) in [5.41, 5.74) is 0. The molecular weight excluding hydrogens is 267 g/mol. The SMILES string of the molecule is CCOP(=O)([O-])OCC.CCc1n(CC)cc[n+]1C. The van der Waals surface area contributed by atoms with Crippen molar-refractivity contribution in [3.63, 3.8) is 0 Å². The van der Waals surface area contributed by atoms with Gasteiger partial charge in [0, 0.05) is 6.42 Å². The van der Waals surface area contributed by atoms with Gasteiger partial charge in [-0.2, -0.15) is 0 Å². The van der Waals surface area contributed by atoms with Crippen LogP contribution < -0.4 is 9.46 Å². The van der Waals surface area contributed by atoms with Gasteiger partial charge in [0.2, 0.25) is 0 Å². The van der Waals surface area contributed by atoms with Gasteiger partial charge >= 0.3 is 0 Å². The second-order valence-corrected chi connectivity index (χ2v) is 5.16. The van der Waals surface area contributed by atoms with E-state index in [1.54, 1.807) is 13.8 Å². The van der Waals surface area contributed by atoms with Crippen LogP contribution >= 0.6 is 7.82 Å². The molecule has 0 bridgehead atoms. The Morgan fingerprint density at radius 1 is 1.26 bits per heavy atom. The highest BCUT2D eigenvalue weighted by Gasteiger charge is 2.08. The first-order chi connectivity index (χ1) is 8.91. The molecule has 0 atom stereocenters. The average molecular weight is 292 g/mol. The molecule has 0 aliphatic rings. The number of rotatable bonds is 6. The molecule has 0 amide bonds. The molecule has 0 N–H and O–H groups in total. The normalized spacial score (nSPS) is 11.1. The fourth-order valence-electron chi connectivity index (χ4n) is 1.65. The zero-order valence-electron chi connectivity index (χ0n) is 12.5. The van der Waals surface area contributed by atoms with Crippen molar-refractivity contribution in [2.24, 2.45) is 7.05 Å². The predicted octanol–water partition coefficient (Wildman–Crippen LogP) is 1.42. The summed E-state index contributed by atoms with van der Waals surface area (Å²) in [6.45, 7) is 8.85. The third-order valence-corrected chi connectivity index (χ3v) is 3.59. The van der Waals surface area contributed by atoms with Crippen LogP contribution in [-0.2, 0) is 33.6 Å². The second kappa shape index (κ2) is 9.26. The van der Waals surface area contributed by atoms with E-state index in [-0.39, 0.29) is 13.2 Å². The van der Waals surface area contributed by atoms with Crippen LogP contribution in [0.2, 0.25) is 0 Å². The van der Waals surface area contributed by atoms with E-state index >= 15 is 0 Å². The summed E-state index contributed by atoms with van der Waals surface area (Å²) in [5, 5.41) is 0. The van der Waals surface area contributed by atoms with Crippen molar-refractivity contribution < 1.29 is 23.1 Å². The third kappa shape index (κ3) is 6.87. The van der Waals surface area contributed by atoms with Crippen LogP contribution in [0.4, 0.5) is 0 Å². The fourth-order valence-corrected chi connectivity index (χ4v) is 2.36. The number of aryl methyl sites for hydroxylation is 2. The van der Waals surface area contributed by atoms with Gasteiger partial charge in [-0.05, 0) is 20.8 Å². The molecule has 1 rings (SSSR count). The van der Waals surface area contributed by atoms with Crippen LogP contribution in [-0.4, -0.2) is 17.8 Å². The van der Waals surface area contributed by atoms with Gasteiger partial charge in [-0.1, -0.05) is 6.92 Å². The molecule has 0 aliphatic heterocycles. The largest absolute Gasteiger partial charge is 0.756 e. The number of nitrogens with zero attached hydrogens (tertiary/aromatic N) is 2. The Morgan fingerprint density at radius 3 is 2.11 bits per heavy atom. The molecule has 1 heterocycles. The van der Waals surface area contributed by atoms with Crippen LogP contribution in [0.15, 0.2) is 12.4 Å². The number of phosphoric acid groups is 1. The van der Waals surface area contributed by atoms with Gasteiger partial charge in [0.15, 0.2) is 0 Å². The Balaban J connectivity index is 0.000000344. The van der Waals surface area contributed by atoms with Gasteiger partial charge in [-0.3, -0.25) is 4.57 Å². The summed E-state index contributed by atoms with van der Waals surface area (Å²) < 4.78 is 23.3. The lowest BCUT2D eigenvalue weighted by Crippen LogP contribution is -2.31. The lowest BCUT2D eigenvalue weighted by atomic mass is 10.4. The minimum Gasteiger partial charge on any atom is -0.756 e. The minimum absolute atomic E-state index is 0.126. The van der Waals surface area contributed by atoms with E-state index in [1.807, 2.05) is 0 Å². The zero-order chi connectivity index (χ0) is 14.9. The highest BCUT2D eigenvalue weighted by atomic mass is 31.2. The molecule has 19 heavy (non-hydrogen) atoms. The minimum atomic E-state index is -3.94. The molecule has 0 spiro atoms. The number of aromatic nitrogens is 2. The molecule has 0 radical (unpaired) electrons. The molecule has 0 aliphatic carbocycles. The summed E-state index contributed by atoms with van der Waals surface area (Å²) in [7, 11) is -1.85. The number of phosphoric ester groups is 1. The molecule has 0 unspecified atom stereocenters. The highest BCUT2D eigenvalue weighted by Crippen LogP contribution is 2.37. The zero-order valence-corrected chi connectivity index (χ0v) is 13.4. The average Bonchev–Trinajstić information content (AvgIpc) is 2.70. The van der Waals surface area contributed by atoms with E-state index in [0.29, 0.717) is 0 Å². The molecule has 1 aromatic heterocycles. The monoisotopic (exact) mass is 292 g/mol. The lowest BCUT2D eigenvalue weighted by Gasteiger charge is -2.20. The summed E-state index contributed by atoms with van der Waals surface area (Å²) in [5.74, 6) is 1.39. The van der Waals surface area contributed by atoms with Crippen molar-refractivity contribution >= 4 is 7.82 Å². The predicted molar refractivity (Wildman–Crippen MR) is 71.5 cm³/mol. The maximum Gasteiger partial charge on any atom is 0.267 e. The van der Waals surface area contributed by atoms with Gasteiger partial charge in [0.25, 0.3) is 13.6 Å². The van der Waals surface area contributed by atoms with Gasteiger partial charge in [-0.15, -0.1) is 0 Å². The smallest absolute Gasteiger partial charge is 0.267 e. The third-order valence-electron chi connectivity index (χ3n) is 2.44. The maximum atomic E-state index is 10.4. The first-order valence-corrected chi connectivity index (χ1v) is 8.01. The Morgan fingerprint density at radius 2 is 1.79 bits per heavy atom. The van der Waals surface area contributed by atoms with Crippen molar-refractivity contribution in [3.8, 4) is 0 Å². The van der Waals surface area contributed by atoms with E-state index in [4.69, 9.17) is 0 Å². The first-order valence-electron chi connectivity index (χ1n) is 6.55. The summed E-state index contributed by atoms with van der Waals surface area (Å²) >= 11 is 0. The summed E-state index contributed by atoms with van der Waals surface area (Å²) in [6.07, 6.45) is 5.33. The van der Waals surface area contributed by atoms with Crippen molar-refractivity contribution in [3.05, 3.63) is 18.2 Å². The number of hydrogen-bond acceptors (Lipinski definition) is 4. The van der Waals surface area contributed by atoms with Gasteiger partial charge < -0.3 is 13.9 Å². The van der Waals surface area contributed by atoms with Crippen molar-refractivity contribution in [2.75, 3.05) is 13.2 Å². The van der Waals surface area contributed by atoms with E-state index in [1.165, 1.54) is 5.82 Å². The Kier molecular flexibility index (Phi) is 8.93. The number of hydrogen-bond donors (Lipinski definition) is 0. The molecule has 0 saturated heterocycles. The molecule has 6 nitrogen and oxygen atoms in total. The standard InChI is InChI=1S/C8H15N2.C4H11O4P/c1-4-8-9(3)6-7-10(8)5-2;1-3-7-9(5,6)8-4-2/h6-7H,4-5H2,1-3H3;3-4H2,1-2H3,(H,5,6)/q+1;/p-1. The second-order valence-electron chi connectivity index (χ2n) is 3.75. The summed E-state index contributed by atoms with van der Waals surface area (Å²) in [6, 6.07) is 0. The van der Waals surface area contributed by atoms with Crippen LogP contribution in [0.1, 0.15) is 33.5 Å². The van der Waals surface area contributed by atoms with E-state index in [9.17, 15) is 9.46 Å². The molecule has 1 aromatic rings.